The third-order valence-electron chi connectivity index (χ3n) is 3.23. The molecule has 1 fully saturated rings. The van der Waals surface area contributed by atoms with Crippen LogP contribution in [0.15, 0.2) is 12.1 Å². The minimum Gasteiger partial charge on any atom is -0.477 e. The largest absolute Gasteiger partial charge is 0.477 e. The maximum atomic E-state index is 13.7. The zero-order chi connectivity index (χ0) is 14.0. The summed E-state index contributed by atoms with van der Waals surface area (Å²) in [4.78, 5) is 20.8. The van der Waals surface area contributed by atoms with E-state index in [9.17, 15) is 19.3 Å². The number of benzene rings is 1. The molecule has 1 aliphatic rings. The van der Waals surface area contributed by atoms with Crippen LogP contribution >= 0.6 is 0 Å². The molecular weight excluding hydrogens is 255 g/mol. The Bertz CT molecular complexity index is 527. The lowest BCUT2D eigenvalue weighted by Gasteiger charge is -2.14. The number of carboxylic acid groups (broad SMARTS) is 1. The van der Waals surface area contributed by atoms with Gasteiger partial charge in [-0.2, -0.15) is 0 Å². The van der Waals surface area contributed by atoms with Crippen LogP contribution in [0.25, 0.3) is 0 Å². The van der Waals surface area contributed by atoms with Crippen molar-refractivity contribution in [2.24, 2.45) is 0 Å². The van der Waals surface area contributed by atoms with E-state index in [1.165, 1.54) is 0 Å². The van der Waals surface area contributed by atoms with Crippen LogP contribution in [-0.4, -0.2) is 22.0 Å². The molecule has 1 saturated carbocycles. The lowest BCUT2D eigenvalue weighted by molar-refractivity contribution is -0.385. The molecule has 1 aliphatic carbocycles. The first-order valence-electron chi connectivity index (χ1n) is 5.97. The van der Waals surface area contributed by atoms with E-state index >= 15 is 0 Å². The molecule has 1 aromatic carbocycles. The van der Waals surface area contributed by atoms with Crippen molar-refractivity contribution in [1.82, 2.24) is 0 Å². The normalized spacial score (nSPS) is 15.4. The number of hydrogen-bond donors (Lipinski definition) is 2. The summed E-state index contributed by atoms with van der Waals surface area (Å²) in [5, 5.41) is 22.5. The molecule has 0 aliphatic heterocycles. The Labute approximate surface area is 108 Å². The van der Waals surface area contributed by atoms with Crippen LogP contribution in [0.1, 0.15) is 36.0 Å². The average molecular weight is 268 g/mol. The lowest BCUT2D eigenvalue weighted by Crippen LogP contribution is -2.16. The highest BCUT2D eigenvalue weighted by Gasteiger charge is 2.24. The van der Waals surface area contributed by atoms with Gasteiger partial charge in [-0.15, -0.1) is 0 Å². The fourth-order valence-corrected chi connectivity index (χ4v) is 2.29. The summed E-state index contributed by atoms with van der Waals surface area (Å²) >= 11 is 0. The van der Waals surface area contributed by atoms with Crippen molar-refractivity contribution in [3.63, 3.8) is 0 Å². The SMILES string of the molecule is O=C(O)c1cc(NC2CCCC2)c(F)cc1[N+](=O)[O-]. The molecule has 19 heavy (non-hydrogen) atoms. The van der Waals surface area contributed by atoms with Crippen LogP contribution in [0.3, 0.4) is 0 Å². The van der Waals surface area contributed by atoms with Crippen molar-refractivity contribution < 1.29 is 19.2 Å². The molecule has 1 aromatic rings. The molecule has 0 saturated heterocycles. The van der Waals surface area contributed by atoms with Gasteiger partial charge in [0, 0.05) is 6.04 Å². The van der Waals surface area contributed by atoms with Crippen molar-refractivity contribution >= 4 is 17.3 Å². The maximum Gasteiger partial charge on any atom is 0.342 e. The maximum absolute atomic E-state index is 13.7. The molecule has 0 spiro atoms. The fraction of sp³-hybridized carbons (Fsp3) is 0.417. The topological polar surface area (TPSA) is 92.5 Å². The van der Waals surface area contributed by atoms with Gasteiger partial charge in [0.2, 0.25) is 0 Å². The second-order valence-corrected chi connectivity index (χ2v) is 4.54. The smallest absolute Gasteiger partial charge is 0.342 e. The van der Waals surface area contributed by atoms with Crippen LogP contribution in [0.5, 0.6) is 0 Å². The highest BCUT2D eigenvalue weighted by atomic mass is 19.1. The summed E-state index contributed by atoms with van der Waals surface area (Å²) in [7, 11) is 0. The molecule has 2 rings (SSSR count). The molecule has 0 bridgehead atoms. The highest BCUT2D eigenvalue weighted by Crippen LogP contribution is 2.29. The van der Waals surface area contributed by atoms with Gasteiger partial charge in [0.1, 0.15) is 5.56 Å². The minimum absolute atomic E-state index is 0.00917. The number of carboxylic acids is 1. The van der Waals surface area contributed by atoms with E-state index in [1.807, 2.05) is 0 Å². The van der Waals surface area contributed by atoms with Gasteiger partial charge in [-0.25, -0.2) is 9.18 Å². The van der Waals surface area contributed by atoms with Crippen LogP contribution < -0.4 is 5.32 Å². The fourth-order valence-electron chi connectivity index (χ4n) is 2.29. The zero-order valence-corrected chi connectivity index (χ0v) is 10.1. The number of carbonyl (C=O) groups is 1. The number of halogens is 1. The van der Waals surface area contributed by atoms with E-state index in [1.54, 1.807) is 0 Å². The molecule has 0 radical (unpaired) electrons. The summed E-state index contributed by atoms with van der Waals surface area (Å²) in [5.74, 6) is -2.25. The summed E-state index contributed by atoms with van der Waals surface area (Å²) in [6.45, 7) is 0. The van der Waals surface area contributed by atoms with Gasteiger partial charge in [0.25, 0.3) is 5.69 Å². The Morgan fingerprint density at radius 1 is 1.42 bits per heavy atom. The summed E-state index contributed by atoms with van der Waals surface area (Å²) in [6, 6.07) is 1.74. The quantitative estimate of drug-likeness (QED) is 0.647. The molecule has 0 unspecified atom stereocenters. The Morgan fingerprint density at radius 2 is 2.05 bits per heavy atom. The number of nitrogens with one attached hydrogen (secondary N) is 1. The van der Waals surface area contributed by atoms with E-state index in [2.05, 4.69) is 5.32 Å². The molecular formula is C12H13FN2O4. The Kier molecular flexibility index (Phi) is 3.64. The van der Waals surface area contributed by atoms with Crippen molar-refractivity contribution in [3.05, 3.63) is 33.6 Å². The summed E-state index contributed by atoms with van der Waals surface area (Å²) < 4.78 is 13.7. The predicted octanol–water partition coefficient (Wildman–Crippen LogP) is 2.79. The Hall–Kier alpha value is -2.18. The van der Waals surface area contributed by atoms with Crippen LogP contribution in [-0.2, 0) is 0 Å². The van der Waals surface area contributed by atoms with Crippen molar-refractivity contribution in [2.75, 3.05) is 5.32 Å². The second-order valence-electron chi connectivity index (χ2n) is 4.54. The molecule has 6 nitrogen and oxygen atoms in total. The van der Waals surface area contributed by atoms with E-state index in [0.717, 1.165) is 31.7 Å². The third-order valence-corrected chi connectivity index (χ3v) is 3.23. The Morgan fingerprint density at radius 3 is 2.58 bits per heavy atom. The van der Waals surface area contributed by atoms with Gasteiger partial charge in [-0.05, 0) is 18.9 Å². The first-order valence-corrected chi connectivity index (χ1v) is 5.97. The monoisotopic (exact) mass is 268 g/mol. The molecule has 0 atom stereocenters. The van der Waals surface area contributed by atoms with Gasteiger partial charge in [-0.1, -0.05) is 12.8 Å². The predicted molar refractivity (Wildman–Crippen MR) is 65.9 cm³/mol. The number of hydrogen-bond acceptors (Lipinski definition) is 4. The minimum atomic E-state index is -1.44. The summed E-state index contributed by atoms with van der Waals surface area (Å²) in [5.41, 5.74) is -1.23. The van der Waals surface area contributed by atoms with Crippen molar-refractivity contribution in [3.8, 4) is 0 Å². The molecule has 0 amide bonds. The van der Waals surface area contributed by atoms with Gasteiger partial charge in [-0.3, -0.25) is 10.1 Å². The average Bonchev–Trinajstić information content (AvgIpc) is 2.83. The van der Waals surface area contributed by atoms with E-state index in [-0.39, 0.29) is 11.7 Å². The van der Waals surface area contributed by atoms with E-state index in [4.69, 9.17) is 5.11 Å². The third kappa shape index (κ3) is 2.81. The van der Waals surface area contributed by atoms with E-state index in [0.29, 0.717) is 6.07 Å². The van der Waals surface area contributed by atoms with Crippen LogP contribution in [0.4, 0.5) is 15.8 Å². The number of nitro groups is 1. The molecule has 0 aromatic heterocycles. The molecule has 102 valence electrons. The number of rotatable bonds is 4. The molecule has 2 N–H and O–H groups in total. The first-order chi connectivity index (χ1) is 8.99. The number of nitro benzene ring substituents is 1. The van der Waals surface area contributed by atoms with Crippen LogP contribution in [0.2, 0.25) is 0 Å². The van der Waals surface area contributed by atoms with Crippen LogP contribution in [0, 0.1) is 15.9 Å². The van der Waals surface area contributed by atoms with Crippen molar-refractivity contribution in [1.29, 1.82) is 0 Å². The highest BCUT2D eigenvalue weighted by molar-refractivity contribution is 5.93. The number of nitrogens with zero attached hydrogens (tertiary/aromatic N) is 1. The van der Waals surface area contributed by atoms with Gasteiger partial charge >= 0.3 is 5.97 Å². The van der Waals surface area contributed by atoms with Crippen molar-refractivity contribution in [2.45, 2.75) is 31.7 Å². The first kappa shape index (κ1) is 13.3. The van der Waals surface area contributed by atoms with Gasteiger partial charge < -0.3 is 10.4 Å². The number of anilines is 1. The summed E-state index contributed by atoms with van der Waals surface area (Å²) in [6.07, 6.45) is 3.85. The standard InChI is InChI=1S/C12H13FN2O4/c13-9-6-11(15(18)19)8(12(16)17)5-10(9)14-7-3-1-2-4-7/h5-7,14H,1-4H2,(H,16,17). The second kappa shape index (κ2) is 5.21. The van der Waals surface area contributed by atoms with Gasteiger partial charge in [0.15, 0.2) is 5.82 Å². The van der Waals surface area contributed by atoms with E-state index < -0.39 is 28.0 Å². The zero-order valence-electron chi connectivity index (χ0n) is 10.1. The molecule has 0 heterocycles. The van der Waals surface area contributed by atoms with Gasteiger partial charge in [0.05, 0.1) is 16.7 Å². The Balaban J connectivity index is 2.36. The number of aromatic carboxylic acids is 1. The lowest BCUT2D eigenvalue weighted by atomic mass is 10.1. The molecule has 7 heteroatoms.